The number of hydrogen-bond acceptors (Lipinski definition) is 3. The molecule has 0 amide bonds. The Labute approximate surface area is 131 Å². The zero-order chi connectivity index (χ0) is 16.4. The number of ether oxygens (including phenoxy) is 1. The monoisotopic (exact) mass is 311 g/mol. The molecule has 0 saturated carbocycles. The molecule has 0 aliphatic carbocycles. The molecule has 3 aromatic rings. The second kappa shape index (κ2) is 6.04. The molecule has 0 N–H and O–H groups in total. The van der Waals surface area contributed by atoms with Crippen molar-refractivity contribution in [3.63, 3.8) is 0 Å². The van der Waals surface area contributed by atoms with Crippen LogP contribution in [-0.4, -0.2) is 10.5 Å². The van der Waals surface area contributed by atoms with Crippen LogP contribution < -0.4 is 10.3 Å². The first-order valence-corrected chi connectivity index (χ1v) is 7.20. The first kappa shape index (κ1) is 15.0. The summed E-state index contributed by atoms with van der Waals surface area (Å²) < 4.78 is 19.9. The molecule has 3 rings (SSSR count). The molecule has 0 radical (unpaired) electrons. The maximum atomic E-state index is 13.2. The zero-order valence-electron chi connectivity index (χ0n) is 12.5. The van der Waals surface area contributed by atoms with Crippen molar-refractivity contribution >= 4 is 16.7 Å². The number of pyridine rings is 1. The average molecular weight is 311 g/mol. The maximum Gasteiger partial charge on any atom is 0.345 e. The molecule has 0 saturated heterocycles. The number of carbonyl (C=O) groups is 1. The summed E-state index contributed by atoms with van der Waals surface area (Å²) in [6.45, 7) is 2.25. The molecular formula is C18H14FNO3. The summed E-state index contributed by atoms with van der Waals surface area (Å²) in [7, 11) is 0. The number of hydrogen-bond donors (Lipinski definition) is 0. The second-order valence-corrected chi connectivity index (χ2v) is 5.03. The molecular weight excluding hydrogens is 297 g/mol. The Morgan fingerprint density at radius 1 is 1.13 bits per heavy atom. The molecule has 0 aliphatic rings. The molecule has 23 heavy (non-hydrogen) atoms. The minimum Gasteiger partial charge on any atom is -0.423 e. The third-order valence-corrected chi connectivity index (χ3v) is 3.56. The summed E-state index contributed by atoms with van der Waals surface area (Å²) in [4.78, 5) is 24.8. The molecule has 4 nitrogen and oxygen atoms in total. The number of aromatic nitrogens is 1. The molecule has 0 spiro atoms. The lowest BCUT2D eigenvalue weighted by Gasteiger charge is -2.10. The highest BCUT2D eigenvalue weighted by atomic mass is 19.1. The van der Waals surface area contributed by atoms with E-state index in [0.717, 1.165) is 6.07 Å². The first-order valence-electron chi connectivity index (χ1n) is 7.20. The van der Waals surface area contributed by atoms with E-state index in [9.17, 15) is 14.0 Å². The second-order valence-electron chi connectivity index (χ2n) is 5.03. The van der Waals surface area contributed by atoms with Gasteiger partial charge in [-0.15, -0.1) is 0 Å². The number of rotatable bonds is 3. The van der Waals surface area contributed by atoms with Crippen LogP contribution in [0.4, 0.5) is 4.39 Å². The fraction of sp³-hybridized carbons (Fsp3) is 0.111. The third-order valence-electron chi connectivity index (χ3n) is 3.56. The van der Waals surface area contributed by atoms with Crippen molar-refractivity contribution in [2.24, 2.45) is 0 Å². The van der Waals surface area contributed by atoms with Gasteiger partial charge in [-0.05, 0) is 25.1 Å². The standard InChI is InChI=1S/C18H14FNO3/c1-2-20-11-16(14-8-3-4-9-15(14)17(20)21)18(22)23-13-7-5-6-12(19)10-13/h3-11H,2H2,1H3. The number of fused-ring (bicyclic) bond motifs is 1. The average Bonchev–Trinajstić information content (AvgIpc) is 2.55. The van der Waals surface area contributed by atoms with Crippen LogP contribution in [0.1, 0.15) is 17.3 Å². The molecule has 116 valence electrons. The van der Waals surface area contributed by atoms with Gasteiger partial charge < -0.3 is 9.30 Å². The Morgan fingerprint density at radius 3 is 2.57 bits per heavy atom. The van der Waals surface area contributed by atoms with Crippen molar-refractivity contribution in [3.05, 3.63) is 76.5 Å². The maximum absolute atomic E-state index is 13.2. The van der Waals surface area contributed by atoms with Gasteiger partial charge in [0.05, 0.1) is 5.56 Å². The molecule has 0 aliphatic heterocycles. The molecule has 0 atom stereocenters. The minimum absolute atomic E-state index is 0.119. The lowest BCUT2D eigenvalue weighted by molar-refractivity contribution is 0.0735. The highest BCUT2D eigenvalue weighted by Gasteiger charge is 2.16. The Balaban J connectivity index is 2.10. The smallest absolute Gasteiger partial charge is 0.345 e. The van der Waals surface area contributed by atoms with E-state index in [1.807, 2.05) is 6.92 Å². The Kier molecular flexibility index (Phi) is 3.93. The van der Waals surface area contributed by atoms with Crippen LogP contribution in [0.25, 0.3) is 10.8 Å². The number of esters is 1. The van der Waals surface area contributed by atoms with Gasteiger partial charge in [0, 0.05) is 29.6 Å². The first-order chi connectivity index (χ1) is 11.1. The summed E-state index contributed by atoms with van der Waals surface area (Å²) in [5, 5.41) is 0.964. The van der Waals surface area contributed by atoms with Crippen LogP contribution in [0.5, 0.6) is 5.75 Å². The summed E-state index contributed by atoms with van der Waals surface area (Å²) in [5.41, 5.74) is 0.108. The van der Waals surface area contributed by atoms with Crippen molar-refractivity contribution in [2.45, 2.75) is 13.5 Å². The number of carbonyl (C=O) groups excluding carboxylic acids is 1. The van der Waals surface area contributed by atoms with Crippen LogP contribution >= 0.6 is 0 Å². The highest BCUT2D eigenvalue weighted by Crippen LogP contribution is 2.19. The third kappa shape index (κ3) is 2.85. The largest absolute Gasteiger partial charge is 0.423 e. The van der Waals surface area contributed by atoms with Crippen LogP contribution in [0.3, 0.4) is 0 Å². The summed E-state index contributed by atoms with van der Waals surface area (Å²) in [6.07, 6.45) is 1.48. The van der Waals surface area contributed by atoms with E-state index in [1.54, 1.807) is 24.3 Å². The Hall–Kier alpha value is -2.95. The fourth-order valence-corrected chi connectivity index (χ4v) is 2.43. The number of nitrogens with zero attached hydrogens (tertiary/aromatic N) is 1. The summed E-state index contributed by atoms with van der Waals surface area (Å²) >= 11 is 0. The van der Waals surface area contributed by atoms with E-state index in [0.29, 0.717) is 17.3 Å². The predicted molar refractivity (Wildman–Crippen MR) is 85.2 cm³/mol. The van der Waals surface area contributed by atoms with E-state index in [2.05, 4.69) is 0 Å². The number of halogens is 1. The van der Waals surface area contributed by atoms with Gasteiger partial charge in [-0.3, -0.25) is 4.79 Å². The Morgan fingerprint density at radius 2 is 1.87 bits per heavy atom. The van der Waals surface area contributed by atoms with Gasteiger partial charge in [-0.1, -0.05) is 24.3 Å². The van der Waals surface area contributed by atoms with Gasteiger partial charge in [0.15, 0.2) is 0 Å². The van der Waals surface area contributed by atoms with Gasteiger partial charge in [0.1, 0.15) is 11.6 Å². The SMILES string of the molecule is CCn1cc(C(=O)Oc2cccc(F)c2)c2ccccc2c1=O. The van der Waals surface area contributed by atoms with Gasteiger partial charge >= 0.3 is 5.97 Å². The molecule has 0 fully saturated rings. The molecule has 1 heterocycles. The van der Waals surface area contributed by atoms with E-state index >= 15 is 0 Å². The van der Waals surface area contributed by atoms with Crippen LogP contribution in [-0.2, 0) is 6.54 Å². The van der Waals surface area contributed by atoms with Gasteiger partial charge in [-0.25, -0.2) is 9.18 Å². The molecule has 0 unspecified atom stereocenters. The van der Waals surface area contributed by atoms with Crippen molar-refractivity contribution in [1.82, 2.24) is 4.57 Å². The van der Waals surface area contributed by atoms with Gasteiger partial charge in [-0.2, -0.15) is 0 Å². The molecule has 5 heteroatoms. The number of benzene rings is 2. The van der Waals surface area contributed by atoms with Gasteiger partial charge in [0.2, 0.25) is 0 Å². The van der Waals surface area contributed by atoms with Crippen molar-refractivity contribution in [3.8, 4) is 5.75 Å². The van der Waals surface area contributed by atoms with Crippen molar-refractivity contribution in [2.75, 3.05) is 0 Å². The van der Waals surface area contributed by atoms with E-state index in [1.165, 1.54) is 29.0 Å². The lowest BCUT2D eigenvalue weighted by atomic mass is 10.1. The summed E-state index contributed by atoms with van der Waals surface area (Å²) in [5.74, 6) is -0.999. The zero-order valence-corrected chi connectivity index (χ0v) is 12.5. The van der Waals surface area contributed by atoms with Gasteiger partial charge in [0.25, 0.3) is 5.56 Å². The van der Waals surface area contributed by atoms with E-state index < -0.39 is 11.8 Å². The fourth-order valence-electron chi connectivity index (χ4n) is 2.43. The lowest BCUT2D eigenvalue weighted by Crippen LogP contribution is -2.22. The Bertz CT molecular complexity index is 946. The quantitative estimate of drug-likeness (QED) is 0.550. The van der Waals surface area contributed by atoms with Crippen molar-refractivity contribution < 1.29 is 13.9 Å². The van der Waals surface area contributed by atoms with Crippen LogP contribution in [0, 0.1) is 5.82 Å². The van der Waals surface area contributed by atoms with E-state index in [4.69, 9.17) is 4.74 Å². The van der Waals surface area contributed by atoms with E-state index in [-0.39, 0.29) is 16.9 Å². The minimum atomic E-state index is -0.631. The van der Waals surface area contributed by atoms with Crippen LogP contribution in [0.15, 0.2) is 59.5 Å². The topological polar surface area (TPSA) is 48.3 Å². The normalized spacial score (nSPS) is 10.7. The van der Waals surface area contributed by atoms with Crippen molar-refractivity contribution in [1.29, 1.82) is 0 Å². The number of aryl methyl sites for hydroxylation is 1. The molecule has 1 aromatic heterocycles. The highest BCUT2D eigenvalue weighted by molar-refractivity contribution is 6.04. The molecule has 2 aromatic carbocycles. The van der Waals surface area contributed by atoms with Crippen LogP contribution in [0.2, 0.25) is 0 Å². The predicted octanol–water partition coefficient (Wildman–Crippen LogP) is 3.38. The summed E-state index contributed by atoms with van der Waals surface area (Å²) in [6, 6.07) is 12.2. The molecule has 0 bridgehead atoms.